The second kappa shape index (κ2) is 5.58. The van der Waals surface area contributed by atoms with E-state index in [2.05, 4.69) is 4.98 Å². The first-order valence-electron chi connectivity index (χ1n) is 6.76. The van der Waals surface area contributed by atoms with Gasteiger partial charge < -0.3 is 11.5 Å². The van der Waals surface area contributed by atoms with E-state index in [1.54, 1.807) is 0 Å². The van der Waals surface area contributed by atoms with Crippen LogP contribution >= 0.6 is 11.3 Å². The summed E-state index contributed by atoms with van der Waals surface area (Å²) in [4.78, 5) is 15.8. The molecule has 7 heteroatoms. The van der Waals surface area contributed by atoms with Crippen LogP contribution in [0, 0.1) is 6.92 Å². The number of hydrogen-bond acceptors (Lipinski definition) is 4. The smallest absolute Gasteiger partial charge is 0.280 e. The van der Waals surface area contributed by atoms with E-state index in [9.17, 15) is 13.6 Å². The van der Waals surface area contributed by atoms with Crippen LogP contribution in [-0.2, 0) is 0 Å². The van der Waals surface area contributed by atoms with Crippen LogP contribution < -0.4 is 11.5 Å². The molecule has 0 atom stereocenters. The highest BCUT2D eigenvalue weighted by Crippen LogP contribution is 2.40. The van der Waals surface area contributed by atoms with Crippen molar-refractivity contribution in [3.05, 3.63) is 46.5 Å². The minimum atomic E-state index is -2.72. The van der Waals surface area contributed by atoms with Gasteiger partial charge in [0.05, 0.1) is 5.69 Å². The molecule has 0 saturated heterocycles. The fraction of sp³-hybridized carbons (Fsp3) is 0.125. The topological polar surface area (TPSA) is 82.0 Å². The van der Waals surface area contributed by atoms with E-state index in [1.165, 1.54) is 6.07 Å². The van der Waals surface area contributed by atoms with Gasteiger partial charge in [0.2, 0.25) is 0 Å². The van der Waals surface area contributed by atoms with Crippen LogP contribution in [0.3, 0.4) is 0 Å². The van der Waals surface area contributed by atoms with Gasteiger partial charge >= 0.3 is 0 Å². The van der Waals surface area contributed by atoms with Gasteiger partial charge in [-0.15, -0.1) is 11.3 Å². The largest absolute Gasteiger partial charge is 0.397 e. The number of rotatable bonds is 3. The van der Waals surface area contributed by atoms with E-state index < -0.39 is 12.3 Å². The predicted molar refractivity (Wildman–Crippen MR) is 87.7 cm³/mol. The van der Waals surface area contributed by atoms with E-state index in [-0.39, 0.29) is 21.1 Å². The number of benzene rings is 1. The Morgan fingerprint density at radius 1 is 1.26 bits per heavy atom. The Kier molecular flexibility index (Phi) is 3.73. The molecule has 118 valence electrons. The van der Waals surface area contributed by atoms with Gasteiger partial charge in [0.25, 0.3) is 12.3 Å². The van der Waals surface area contributed by atoms with Crippen LogP contribution in [0.25, 0.3) is 21.3 Å². The molecule has 1 aromatic carbocycles. The molecule has 0 aliphatic heterocycles. The number of hydrogen-bond donors (Lipinski definition) is 2. The highest BCUT2D eigenvalue weighted by Gasteiger charge is 2.21. The lowest BCUT2D eigenvalue weighted by Crippen LogP contribution is -2.10. The summed E-state index contributed by atoms with van der Waals surface area (Å²) in [6, 6.07) is 8.70. The predicted octanol–water partition coefficient (Wildman–Crippen LogP) is 3.89. The van der Waals surface area contributed by atoms with Gasteiger partial charge in [-0.3, -0.25) is 4.79 Å². The first-order valence-corrected chi connectivity index (χ1v) is 7.58. The molecular weight excluding hydrogens is 320 g/mol. The number of alkyl halides is 2. The summed E-state index contributed by atoms with van der Waals surface area (Å²) < 4.78 is 26.3. The number of carbonyl (C=O) groups excluding carboxylic acids is 1. The third-order valence-corrected chi connectivity index (χ3v) is 4.64. The maximum absolute atomic E-state index is 13.1. The first kappa shape index (κ1) is 15.4. The number of carbonyl (C=O) groups is 1. The van der Waals surface area contributed by atoms with Gasteiger partial charge in [-0.25, -0.2) is 13.8 Å². The van der Waals surface area contributed by atoms with Gasteiger partial charge in [0, 0.05) is 5.39 Å². The molecule has 0 bridgehead atoms. The summed E-state index contributed by atoms with van der Waals surface area (Å²) in [5, 5.41) is 0.483. The Morgan fingerprint density at radius 2 is 1.91 bits per heavy atom. The summed E-state index contributed by atoms with van der Waals surface area (Å²) in [7, 11) is 0. The normalized spacial score (nSPS) is 11.3. The monoisotopic (exact) mass is 333 g/mol. The number of primary amides is 1. The Hall–Kier alpha value is -2.54. The number of pyridine rings is 1. The highest BCUT2D eigenvalue weighted by molar-refractivity contribution is 7.21. The molecule has 2 heterocycles. The molecule has 23 heavy (non-hydrogen) atoms. The lowest BCUT2D eigenvalue weighted by Gasteiger charge is -2.08. The van der Waals surface area contributed by atoms with E-state index in [0.717, 1.165) is 22.5 Å². The maximum atomic E-state index is 13.1. The Morgan fingerprint density at radius 3 is 2.48 bits per heavy atom. The summed E-state index contributed by atoms with van der Waals surface area (Å²) in [5.41, 5.74) is 13.4. The molecule has 3 rings (SSSR count). The zero-order valence-corrected chi connectivity index (χ0v) is 13.0. The molecule has 2 aromatic heterocycles. The van der Waals surface area contributed by atoms with Crippen molar-refractivity contribution in [1.29, 1.82) is 0 Å². The average molecular weight is 333 g/mol. The lowest BCUT2D eigenvalue weighted by molar-refractivity contribution is 0.100. The van der Waals surface area contributed by atoms with E-state index in [0.29, 0.717) is 10.9 Å². The number of nitrogens with zero attached hydrogens (tertiary/aromatic N) is 1. The fourth-order valence-electron chi connectivity index (χ4n) is 2.40. The minimum Gasteiger partial charge on any atom is -0.397 e. The van der Waals surface area contributed by atoms with E-state index in [1.807, 2.05) is 31.2 Å². The summed E-state index contributed by atoms with van der Waals surface area (Å²) in [6.45, 7) is 1.93. The molecule has 4 N–H and O–H groups in total. The third-order valence-electron chi connectivity index (χ3n) is 3.53. The van der Waals surface area contributed by atoms with Gasteiger partial charge in [-0.1, -0.05) is 29.8 Å². The number of aromatic nitrogens is 1. The second-order valence-corrected chi connectivity index (χ2v) is 6.15. The number of amides is 1. The molecule has 0 fully saturated rings. The molecule has 0 aliphatic rings. The number of anilines is 1. The van der Waals surface area contributed by atoms with Gasteiger partial charge in [-0.2, -0.15) is 0 Å². The number of nitrogens with two attached hydrogens (primary N) is 2. The molecule has 4 nitrogen and oxygen atoms in total. The molecule has 0 saturated carbocycles. The Balaban J connectivity index is 2.37. The molecule has 0 unspecified atom stereocenters. The van der Waals surface area contributed by atoms with Crippen LogP contribution in [0.4, 0.5) is 14.5 Å². The van der Waals surface area contributed by atoms with Crippen molar-refractivity contribution in [1.82, 2.24) is 4.98 Å². The lowest BCUT2D eigenvalue weighted by atomic mass is 10.0. The van der Waals surface area contributed by atoms with Gasteiger partial charge in [0.15, 0.2) is 0 Å². The molecule has 3 aromatic rings. The number of fused-ring (bicyclic) bond motifs is 1. The summed E-state index contributed by atoms with van der Waals surface area (Å²) >= 11 is 0.932. The van der Waals surface area contributed by atoms with Gasteiger partial charge in [0.1, 0.15) is 15.4 Å². The summed E-state index contributed by atoms with van der Waals surface area (Å²) in [6.07, 6.45) is -2.72. The molecule has 0 spiro atoms. The zero-order valence-electron chi connectivity index (χ0n) is 12.1. The van der Waals surface area contributed by atoms with Crippen molar-refractivity contribution in [2.45, 2.75) is 13.3 Å². The summed E-state index contributed by atoms with van der Waals surface area (Å²) in [5.74, 6) is -0.695. The number of nitrogen functional groups attached to an aromatic ring is 1. The quantitative estimate of drug-likeness (QED) is 0.763. The Labute approximate surface area is 134 Å². The van der Waals surface area contributed by atoms with Crippen molar-refractivity contribution in [2.75, 3.05) is 5.73 Å². The van der Waals surface area contributed by atoms with Crippen LogP contribution in [0.15, 0.2) is 30.3 Å². The SMILES string of the molecule is Cc1ccc(-c2cc(C(F)F)nc3sc(C(N)=O)c(N)c23)cc1. The number of thiophene rings is 1. The fourth-order valence-corrected chi connectivity index (χ4v) is 3.37. The van der Waals surface area contributed by atoms with Crippen LogP contribution in [-0.4, -0.2) is 10.9 Å². The number of aryl methyl sites for hydroxylation is 1. The standard InChI is InChI=1S/C16H13F2N3OS/c1-7-2-4-8(5-3-7)9-6-10(14(17)18)21-16-11(9)12(19)13(23-16)15(20)22/h2-6,14H,19H2,1H3,(H2,20,22). The number of halogens is 2. The molecule has 1 amide bonds. The molecule has 0 radical (unpaired) electrons. The van der Waals surface area contributed by atoms with Crippen molar-refractivity contribution in [3.8, 4) is 11.1 Å². The van der Waals surface area contributed by atoms with E-state index >= 15 is 0 Å². The highest BCUT2D eigenvalue weighted by atomic mass is 32.1. The second-order valence-electron chi connectivity index (χ2n) is 5.15. The first-order chi connectivity index (χ1) is 10.9. The van der Waals surface area contributed by atoms with Crippen molar-refractivity contribution in [2.24, 2.45) is 5.73 Å². The van der Waals surface area contributed by atoms with E-state index in [4.69, 9.17) is 11.5 Å². The molecule has 0 aliphatic carbocycles. The third kappa shape index (κ3) is 2.63. The van der Waals surface area contributed by atoms with Gasteiger partial charge in [-0.05, 0) is 24.1 Å². The van der Waals surface area contributed by atoms with Crippen molar-refractivity contribution >= 4 is 33.1 Å². The Bertz CT molecular complexity index is 904. The van der Waals surface area contributed by atoms with Crippen LogP contribution in [0.5, 0.6) is 0 Å². The molecular formula is C16H13F2N3OS. The van der Waals surface area contributed by atoms with Crippen LogP contribution in [0.2, 0.25) is 0 Å². The maximum Gasteiger partial charge on any atom is 0.280 e. The van der Waals surface area contributed by atoms with Crippen molar-refractivity contribution < 1.29 is 13.6 Å². The zero-order chi connectivity index (χ0) is 16.7. The average Bonchev–Trinajstić information content (AvgIpc) is 2.84. The van der Waals surface area contributed by atoms with Crippen LogP contribution in [0.1, 0.15) is 27.4 Å². The van der Waals surface area contributed by atoms with Crippen molar-refractivity contribution in [3.63, 3.8) is 0 Å². The minimum absolute atomic E-state index is 0.132.